The third-order valence-corrected chi connectivity index (χ3v) is 4.48. The first-order chi connectivity index (χ1) is 14.3. The topological polar surface area (TPSA) is 120 Å². The van der Waals surface area contributed by atoms with Gasteiger partial charge in [-0.1, -0.05) is 44.2 Å². The van der Waals surface area contributed by atoms with Crippen LogP contribution in [0, 0.1) is 10.1 Å². The Balaban J connectivity index is 1.85. The lowest BCUT2D eigenvalue weighted by atomic mass is 9.98. The summed E-state index contributed by atoms with van der Waals surface area (Å²) in [5, 5.41) is 11.0. The van der Waals surface area contributed by atoms with Crippen molar-refractivity contribution in [3.63, 3.8) is 0 Å². The third-order valence-electron chi connectivity index (χ3n) is 4.48. The molecule has 0 aliphatic heterocycles. The molecule has 0 radical (unpaired) electrons. The second-order valence-electron chi connectivity index (χ2n) is 6.66. The van der Waals surface area contributed by atoms with Crippen LogP contribution in [-0.4, -0.2) is 29.4 Å². The molecular weight excluding hydrogens is 390 g/mol. The smallest absolute Gasteiger partial charge is 0.310 e. The van der Waals surface area contributed by atoms with E-state index in [0.717, 1.165) is 12.0 Å². The summed E-state index contributed by atoms with van der Waals surface area (Å²) in [6.07, 6.45) is -0.140. The number of hydrazine groups is 1. The van der Waals surface area contributed by atoms with Crippen molar-refractivity contribution in [1.82, 2.24) is 10.9 Å². The molecular formula is C21H25N3O6. The molecule has 2 rings (SSSR count). The van der Waals surface area contributed by atoms with Crippen LogP contribution in [0.4, 0.5) is 5.69 Å². The number of ether oxygens (including phenoxy) is 2. The normalized spacial score (nSPS) is 12.4. The lowest BCUT2D eigenvalue weighted by Gasteiger charge is -2.17. The summed E-state index contributed by atoms with van der Waals surface area (Å²) < 4.78 is 10.9. The first kappa shape index (κ1) is 22.7. The Kier molecular flexibility index (Phi) is 8.16. The van der Waals surface area contributed by atoms with Crippen molar-refractivity contribution in [1.29, 1.82) is 0 Å². The maximum absolute atomic E-state index is 12.1. The van der Waals surface area contributed by atoms with Gasteiger partial charge < -0.3 is 9.47 Å². The molecule has 2 N–H and O–H groups in total. The zero-order chi connectivity index (χ0) is 22.1. The number of para-hydroxylation sites is 3. The fourth-order valence-corrected chi connectivity index (χ4v) is 2.60. The van der Waals surface area contributed by atoms with Gasteiger partial charge in [-0.2, -0.15) is 0 Å². The van der Waals surface area contributed by atoms with Crippen molar-refractivity contribution >= 4 is 17.5 Å². The van der Waals surface area contributed by atoms with E-state index in [1.807, 2.05) is 18.2 Å². The fraction of sp³-hybridized carbons (Fsp3) is 0.333. The number of carbonyl (C=O) groups is 2. The van der Waals surface area contributed by atoms with E-state index in [1.165, 1.54) is 25.1 Å². The SMILES string of the molecule is CC[C@H](C)c1ccccc1OCC(=O)NNC(=O)[C@H](C)Oc1ccccc1[N+](=O)[O-]. The predicted molar refractivity (Wildman–Crippen MR) is 110 cm³/mol. The van der Waals surface area contributed by atoms with Crippen LogP contribution in [0.5, 0.6) is 11.5 Å². The first-order valence-electron chi connectivity index (χ1n) is 9.54. The minimum absolute atomic E-state index is 0.0403. The molecule has 0 fully saturated rings. The predicted octanol–water partition coefficient (Wildman–Crippen LogP) is 3.10. The van der Waals surface area contributed by atoms with Crippen molar-refractivity contribution in [2.24, 2.45) is 0 Å². The molecule has 0 bridgehead atoms. The van der Waals surface area contributed by atoms with Crippen LogP contribution < -0.4 is 20.3 Å². The quantitative estimate of drug-likeness (QED) is 0.480. The first-order valence-corrected chi connectivity index (χ1v) is 9.54. The number of hydrogen-bond donors (Lipinski definition) is 2. The number of rotatable bonds is 9. The van der Waals surface area contributed by atoms with Gasteiger partial charge in [0, 0.05) is 6.07 Å². The van der Waals surface area contributed by atoms with Crippen LogP contribution in [0.1, 0.15) is 38.7 Å². The molecule has 0 heterocycles. The van der Waals surface area contributed by atoms with Crippen LogP contribution in [0.25, 0.3) is 0 Å². The molecule has 2 amide bonds. The van der Waals surface area contributed by atoms with E-state index >= 15 is 0 Å². The molecule has 2 atom stereocenters. The Morgan fingerprint density at radius 2 is 1.67 bits per heavy atom. The van der Waals surface area contributed by atoms with Gasteiger partial charge in [0.2, 0.25) is 0 Å². The summed E-state index contributed by atoms with van der Waals surface area (Å²) in [7, 11) is 0. The van der Waals surface area contributed by atoms with Gasteiger partial charge in [0.05, 0.1) is 4.92 Å². The minimum atomic E-state index is -1.07. The average molecular weight is 415 g/mol. The number of nitrogens with one attached hydrogen (secondary N) is 2. The molecule has 9 heteroatoms. The van der Waals surface area contributed by atoms with Crippen LogP contribution in [0.2, 0.25) is 0 Å². The monoisotopic (exact) mass is 415 g/mol. The Hall–Kier alpha value is -3.62. The molecule has 0 saturated heterocycles. The van der Waals surface area contributed by atoms with Gasteiger partial charge in [-0.25, -0.2) is 0 Å². The molecule has 2 aromatic carbocycles. The maximum atomic E-state index is 12.1. The van der Waals surface area contributed by atoms with Gasteiger partial charge in [-0.05, 0) is 37.0 Å². The van der Waals surface area contributed by atoms with E-state index in [-0.39, 0.29) is 24.0 Å². The summed E-state index contributed by atoms with van der Waals surface area (Å²) in [5.74, 6) is -0.367. The highest BCUT2D eigenvalue weighted by Crippen LogP contribution is 2.28. The van der Waals surface area contributed by atoms with Crippen LogP contribution >= 0.6 is 0 Å². The van der Waals surface area contributed by atoms with Crippen molar-refractivity contribution in [3.8, 4) is 11.5 Å². The number of hydrogen-bond acceptors (Lipinski definition) is 6. The van der Waals surface area contributed by atoms with E-state index in [4.69, 9.17) is 9.47 Å². The Morgan fingerprint density at radius 3 is 2.33 bits per heavy atom. The largest absolute Gasteiger partial charge is 0.483 e. The fourth-order valence-electron chi connectivity index (χ4n) is 2.60. The Morgan fingerprint density at radius 1 is 1.03 bits per heavy atom. The summed E-state index contributed by atoms with van der Waals surface area (Å²) >= 11 is 0. The molecule has 9 nitrogen and oxygen atoms in total. The van der Waals surface area contributed by atoms with E-state index in [0.29, 0.717) is 5.75 Å². The number of nitro benzene ring substituents is 1. The van der Waals surface area contributed by atoms with E-state index < -0.39 is 22.8 Å². The van der Waals surface area contributed by atoms with Crippen molar-refractivity contribution in [2.75, 3.05) is 6.61 Å². The standard InChI is InChI=1S/C21H25N3O6/c1-4-14(2)16-9-5-7-11-18(16)29-13-20(25)22-23-21(26)15(3)30-19-12-8-6-10-17(19)24(27)28/h5-12,14-15H,4,13H2,1-3H3,(H,22,25)(H,23,26)/t14-,15-/m0/s1. The summed E-state index contributed by atoms with van der Waals surface area (Å²) in [4.78, 5) is 34.6. The van der Waals surface area contributed by atoms with Gasteiger partial charge in [0.25, 0.3) is 11.8 Å². The summed E-state index contributed by atoms with van der Waals surface area (Å²) in [6.45, 7) is 5.27. The summed E-state index contributed by atoms with van der Waals surface area (Å²) in [6, 6.07) is 13.2. The number of carbonyl (C=O) groups excluding carboxylic acids is 2. The summed E-state index contributed by atoms with van der Waals surface area (Å²) in [5.41, 5.74) is 5.21. The molecule has 0 spiro atoms. The highest BCUT2D eigenvalue weighted by molar-refractivity contribution is 5.85. The van der Waals surface area contributed by atoms with Gasteiger partial charge in [-0.3, -0.25) is 30.6 Å². The van der Waals surface area contributed by atoms with Crippen LogP contribution in [-0.2, 0) is 9.59 Å². The zero-order valence-corrected chi connectivity index (χ0v) is 17.1. The van der Waals surface area contributed by atoms with Crippen molar-refractivity contribution in [3.05, 3.63) is 64.2 Å². The third kappa shape index (κ3) is 6.20. The number of nitrogens with zero attached hydrogens (tertiary/aromatic N) is 1. The van der Waals surface area contributed by atoms with Gasteiger partial charge in [-0.15, -0.1) is 0 Å². The second-order valence-corrected chi connectivity index (χ2v) is 6.66. The highest BCUT2D eigenvalue weighted by Gasteiger charge is 2.21. The van der Waals surface area contributed by atoms with Gasteiger partial charge in [0.1, 0.15) is 5.75 Å². The van der Waals surface area contributed by atoms with Gasteiger partial charge in [0.15, 0.2) is 18.5 Å². The molecule has 0 unspecified atom stereocenters. The van der Waals surface area contributed by atoms with E-state index in [2.05, 4.69) is 24.7 Å². The highest BCUT2D eigenvalue weighted by atomic mass is 16.6. The molecule has 2 aromatic rings. The van der Waals surface area contributed by atoms with E-state index in [1.54, 1.807) is 12.1 Å². The molecule has 0 aromatic heterocycles. The molecule has 160 valence electrons. The Labute approximate surface area is 174 Å². The number of nitro groups is 1. The molecule has 0 aliphatic rings. The maximum Gasteiger partial charge on any atom is 0.310 e. The van der Waals surface area contributed by atoms with Crippen LogP contribution in [0.15, 0.2) is 48.5 Å². The zero-order valence-electron chi connectivity index (χ0n) is 17.1. The second kappa shape index (κ2) is 10.8. The lowest BCUT2D eigenvalue weighted by molar-refractivity contribution is -0.386. The molecule has 30 heavy (non-hydrogen) atoms. The minimum Gasteiger partial charge on any atom is -0.483 e. The van der Waals surface area contributed by atoms with Crippen molar-refractivity contribution in [2.45, 2.75) is 39.2 Å². The lowest BCUT2D eigenvalue weighted by Crippen LogP contribution is -2.48. The molecule has 0 aliphatic carbocycles. The molecule has 0 saturated carbocycles. The number of benzene rings is 2. The van der Waals surface area contributed by atoms with Crippen LogP contribution in [0.3, 0.4) is 0 Å². The van der Waals surface area contributed by atoms with Crippen molar-refractivity contribution < 1.29 is 24.0 Å². The number of amides is 2. The Bertz CT molecular complexity index is 902. The average Bonchev–Trinajstić information content (AvgIpc) is 2.75. The van der Waals surface area contributed by atoms with Gasteiger partial charge >= 0.3 is 5.69 Å². The van der Waals surface area contributed by atoms with E-state index in [9.17, 15) is 19.7 Å².